The number of sulfonamides is 1. The summed E-state index contributed by atoms with van der Waals surface area (Å²) < 4.78 is 29.9. The third-order valence-electron chi connectivity index (χ3n) is 5.03. The summed E-state index contributed by atoms with van der Waals surface area (Å²) in [5.41, 5.74) is 0.651. The van der Waals surface area contributed by atoms with Crippen LogP contribution in [0.15, 0.2) is 24.3 Å². The summed E-state index contributed by atoms with van der Waals surface area (Å²) in [7, 11) is -2.31. The molecular formula is C18H22N2O6S. The predicted octanol–water partition coefficient (Wildman–Crippen LogP) is 1.02. The second-order valence-corrected chi connectivity index (χ2v) is 8.78. The SMILES string of the molecule is COC(=O)C1CCN(C(=O)c2ccc(N3C(=O)C(C)CS3(=O)=O)cc2)CC1. The number of amides is 2. The van der Waals surface area contributed by atoms with Crippen LogP contribution in [0.5, 0.6) is 0 Å². The van der Waals surface area contributed by atoms with Gasteiger partial charge in [0, 0.05) is 18.7 Å². The molecule has 27 heavy (non-hydrogen) atoms. The number of rotatable bonds is 3. The summed E-state index contributed by atoms with van der Waals surface area (Å²) in [4.78, 5) is 38.0. The third-order valence-corrected chi connectivity index (χ3v) is 6.89. The maximum Gasteiger partial charge on any atom is 0.308 e. The quantitative estimate of drug-likeness (QED) is 0.710. The van der Waals surface area contributed by atoms with Gasteiger partial charge in [-0.2, -0.15) is 0 Å². The Hall–Kier alpha value is -2.42. The van der Waals surface area contributed by atoms with Gasteiger partial charge in [-0.3, -0.25) is 14.4 Å². The minimum absolute atomic E-state index is 0.185. The summed E-state index contributed by atoms with van der Waals surface area (Å²) >= 11 is 0. The number of piperidine rings is 1. The van der Waals surface area contributed by atoms with Crippen LogP contribution in [0.25, 0.3) is 0 Å². The zero-order chi connectivity index (χ0) is 19.8. The molecule has 0 aliphatic carbocycles. The number of anilines is 1. The molecule has 2 aliphatic heterocycles. The highest BCUT2D eigenvalue weighted by Crippen LogP contribution is 2.29. The van der Waals surface area contributed by atoms with Crippen LogP contribution in [0.2, 0.25) is 0 Å². The minimum Gasteiger partial charge on any atom is -0.469 e. The highest BCUT2D eigenvalue weighted by molar-refractivity contribution is 7.94. The Labute approximate surface area is 158 Å². The molecule has 0 radical (unpaired) electrons. The number of nitrogens with zero attached hydrogens (tertiary/aromatic N) is 2. The van der Waals surface area contributed by atoms with E-state index < -0.39 is 21.8 Å². The first-order chi connectivity index (χ1) is 12.7. The van der Waals surface area contributed by atoms with E-state index in [-0.39, 0.29) is 29.2 Å². The molecule has 1 atom stereocenters. The van der Waals surface area contributed by atoms with Crippen molar-refractivity contribution in [2.45, 2.75) is 19.8 Å². The van der Waals surface area contributed by atoms with E-state index in [1.54, 1.807) is 11.8 Å². The number of likely N-dealkylation sites (tertiary alicyclic amines) is 1. The van der Waals surface area contributed by atoms with E-state index in [2.05, 4.69) is 0 Å². The molecule has 3 rings (SSSR count). The first-order valence-electron chi connectivity index (χ1n) is 8.78. The Balaban J connectivity index is 1.70. The number of hydrogen-bond acceptors (Lipinski definition) is 6. The number of carbonyl (C=O) groups is 3. The Morgan fingerprint density at radius 1 is 1.11 bits per heavy atom. The lowest BCUT2D eigenvalue weighted by atomic mass is 9.96. The minimum atomic E-state index is -3.66. The molecule has 2 heterocycles. The Kier molecular flexibility index (Phi) is 5.23. The fourth-order valence-corrected chi connectivity index (χ4v) is 5.31. The van der Waals surface area contributed by atoms with E-state index in [0.717, 1.165) is 4.31 Å². The first-order valence-corrected chi connectivity index (χ1v) is 10.4. The second kappa shape index (κ2) is 7.30. The van der Waals surface area contributed by atoms with Gasteiger partial charge < -0.3 is 9.64 Å². The number of methoxy groups -OCH3 is 1. The van der Waals surface area contributed by atoms with Gasteiger partial charge in [-0.05, 0) is 37.1 Å². The van der Waals surface area contributed by atoms with Crippen LogP contribution in [-0.2, 0) is 24.3 Å². The van der Waals surface area contributed by atoms with Gasteiger partial charge in [0.05, 0.1) is 30.4 Å². The van der Waals surface area contributed by atoms with Crippen LogP contribution in [-0.4, -0.2) is 57.1 Å². The van der Waals surface area contributed by atoms with E-state index in [1.165, 1.54) is 31.4 Å². The molecule has 1 aromatic carbocycles. The molecule has 0 bridgehead atoms. The van der Waals surface area contributed by atoms with Crippen LogP contribution in [0.3, 0.4) is 0 Å². The molecule has 2 amide bonds. The lowest BCUT2D eigenvalue weighted by molar-refractivity contribution is -0.146. The number of ether oxygens (including phenoxy) is 1. The number of esters is 1. The molecule has 0 saturated carbocycles. The number of hydrogen-bond donors (Lipinski definition) is 0. The number of carbonyl (C=O) groups excluding carboxylic acids is 3. The van der Waals surface area contributed by atoms with Gasteiger partial charge in [0.1, 0.15) is 0 Å². The van der Waals surface area contributed by atoms with E-state index >= 15 is 0 Å². The lowest BCUT2D eigenvalue weighted by Crippen LogP contribution is -2.40. The Morgan fingerprint density at radius 2 is 1.70 bits per heavy atom. The summed E-state index contributed by atoms with van der Waals surface area (Å²) in [5.74, 6) is -1.87. The van der Waals surface area contributed by atoms with Gasteiger partial charge in [-0.25, -0.2) is 12.7 Å². The molecule has 8 nitrogen and oxygen atoms in total. The molecule has 9 heteroatoms. The summed E-state index contributed by atoms with van der Waals surface area (Å²) in [6.07, 6.45) is 1.10. The topological polar surface area (TPSA) is 101 Å². The van der Waals surface area contributed by atoms with Crippen molar-refractivity contribution in [3.63, 3.8) is 0 Å². The van der Waals surface area contributed by atoms with E-state index in [9.17, 15) is 22.8 Å². The van der Waals surface area contributed by atoms with E-state index in [1.807, 2.05) is 0 Å². The van der Waals surface area contributed by atoms with Crippen LogP contribution in [0, 0.1) is 11.8 Å². The third kappa shape index (κ3) is 3.69. The van der Waals surface area contributed by atoms with Gasteiger partial charge >= 0.3 is 5.97 Å². The van der Waals surface area contributed by atoms with Crippen molar-refractivity contribution in [2.75, 3.05) is 30.3 Å². The molecule has 2 aliphatic rings. The fourth-order valence-electron chi connectivity index (χ4n) is 3.49. The molecule has 1 aromatic rings. The van der Waals surface area contributed by atoms with Crippen LogP contribution >= 0.6 is 0 Å². The van der Waals surface area contributed by atoms with Crippen LogP contribution < -0.4 is 4.31 Å². The Morgan fingerprint density at radius 3 is 2.19 bits per heavy atom. The zero-order valence-corrected chi connectivity index (χ0v) is 16.1. The molecular weight excluding hydrogens is 372 g/mol. The zero-order valence-electron chi connectivity index (χ0n) is 15.3. The summed E-state index contributed by atoms with van der Waals surface area (Å²) in [6.45, 7) is 2.49. The maximum absolute atomic E-state index is 12.6. The first kappa shape index (κ1) is 19.3. The fraction of sp³-hybridized carbons (Fsp3) is 0.500. The monoisotopic (exact) mass is 394 g/mol. The highest BCUT2D eigenvalue weighted by Gasteiger charge is 2.42. The normalized spacial score (nSPS) is 22.7. The molecule has 2 fully saturated rings. The molecule has 2 saturated heterocycles. The van der Waals surface area contributed by atoms with Gasteiger partial charge in [0.15, 0.2) is 0 Å². The predicted molar refractivity (Wildman–Crippen MR) is 97.5 cm³/mol. The van der Waals surface area contributed by atoms with Crippen LogP contribution in [0.4, 0.5) is 5.69 Å². The van der Waals surface area contributed by atoms with E-state index in [0.29, 0.717) is 31.5 Å². The molecule has 0 aromatic heterocycles. The molecule has 146 valence electrons. The highest BCUT2D eigenvalue weighted by atomic mass is 32.2. The standard InChI is InChI=1S/C18H22N2O6S/c1-12-11-27(24,25)20(16(12)21)15-5-3-13(4-6-15)17(22)19-9-7-14(8-10-19)18(23)26-2/h3-6,12,14H,7-11H2,1-2H3. The van der Waals surface area contributed by atoms with Crippen molar-refractivity contribution in [1.29, 1.82) is 0 Å². The average Bonchev–Trinajstić information content (AvgIpc) is 2.87. The van der Waals surface area contributed by atoms with Gasteiger partial charge in [-0.1, -0.05) is 6.92 Å². The van der Waals surface area contributed by atoms with Gasteiger partial charge in [0.25, 0.3) is 5.91 Å². The molecule has 0 spiro atoms. The summed E-state index contributed by atoms with van der Waals surface area (Å²) in [6, 6.07) is 6.00. The average molecular weight is 394 g/mol. The molecule has 1 unspecified atom stereocenters. The van der Waals surface area contributed by atoms with Crippen molar-refractivity contribution in [3.05, 3.63) is 29.8 Å². The van der Waals surface area contributed by atoms with Crippen LogP contribution in [0.1, 0.15) is 30.1 Å². The van der Waals surface area contributed by atoms with Crippen molar-refractivity contribution in [2.24, 2.45) is 11.8 Å². The second-order valence-electron chi connectivity index (χ2n) is 6.92. The smallest absolute Gasteiger partial charge is 0.308 e. The Bertz CT molecular complexity index is 856. The van der Waals surface area contributed by atoms with Crippen molar-refractivity contribution in [1.82, 2.24) is 4.90 Å². The molecule has 0 N–H and O–H groups in total. The maximum atomic E-state index is 12.6. The van der Waals surface area contributed by atoms with Crippen molar-refractivity contribution < 1.29 is 27.5 Å². The van der Waals surface area contributed by atoms with Gasteiger partial charge in [0.2, 0.25) is 15.9 Å². The lowest BCUT2D eigenvalue weighted by Gasteiger charge is -2.30. The van der Waals surface area contributed by atoms with Crippen molar-refractivity contribution >= 4 is 33.5 Å². The number of benzene rings is 1. The summed E-state index contributed by atoms with van der Waals surface area (Å²) in [5, 5.41) is 0. The largest absolute Gasteiger partial charge is 0.469 e. The van der Waals surface area contributed by atoms with Gasteiger partial charge in [-0.15, -0.1) is 0 Å². The van der Waals surface area contributed by atoms with Crippen molar-refractivity contribution in [3.8, 4) is 0 Å². The van der Waals surface area contributed by atoms with E-state index in [4.69, 9.17) is 4.74 Å².